The standard InChI is InChI=1S/C22H29N3O2/c1-15(2)19-9-7-18(8-10-19)13-21(26)25-11-5-6-20(14-25)27-22-23-16(3)12-17(4)24-22/h7-10,12,15,20H,5-6,11,13-14H2,1-4H3. The van der Waals surface area contributed by atoms with Crippen LogP contribution in [0.2, 0.25) is 0 Å². The van der Waals surface area contributed by atoms with Gasteiger partial charge in [-0.05, 0) is 49.8 Å². The number of rotatable bonds is 5. The molecular weight excluding hydrogens is 338 g/mol. The second-order valence-electron chi connectivity index (χ2n) is 7.73. The Morgan fingerprint density at radius 1 is 1.19 bits per heavy atom. The van der Waals surface area contributed by atoms with Gasteiger partial charge in [0.05, 0.1) is 13.0 Å². The van der Waals surface area contributed by atoms with Gasteiger partial charge in [0.25, 0.3) is 0 Å². The van der Waals surface area contributed by atoms with E-state index in [-0.39, 0.29) is 12.0 Å². The summed E-state index contributed by atoms with van der Waals surface area (Å²) in [7, 11) is 0. The van der Waals surface area contributed by atoms with Gasteiger partial charge in [-0.1, -0.05) is 38.1 Å². The van der Waals surface area contributed by atoms with Crippen LogP contribution in [0.15, 0.2) is 30.3 Å². The predicted octanol–water partition coefficient (Wildman–Crippen LogP) is 3.83. The van der Waals surface area contributed by atoms with E-state index < -0.39 is 0 Å². The van der Waals surface area contributed by atoms with E-state index in [1.54, 1.807) is 0 Å². The molecule has 5 nitrogen and oxygen atoms in total. The van der Waals surface area contributed by atoms with Crippen molar-refractivity contribution >= 4 is 5.91 Å². The van der Waals surface area contributed by atoms with E-state index in [4.69, 9.17) is 4.74 Å². The lowest BCUT2D eigenvalue weighted by atomic mass is 10.0. The highest BCUT2D eigenvalue weighted by atomic mass is 16.5. The molecule has 1 unspecified atom stereocenters. The lowest BCUT2D eigenvalue weighted by Crippen LogP contribution is -2.45. The third-order valence-electron chi connectivity index (χ3n) is 4.97. The first-order valence-electron chi connectivity index (χ1n) is 9.76. The van der Waals surface area contributed by atoms with Crippen molar-refractivity contribution in [1.82, 2.24) is 14.9 Å². The van der Waals surface area contributed by atoms with Gasteiger partial charge in [0, 0.05) is 17.9 Å². The van der Waals surface area contributed by atoms with Crippen LogP contribution in [0.4, 0.5) is 0 Å². The number of carbonyl (C=O) groups excluding carboxylic acids is 1. The van der Waals surface area contributed by atoms with Crippen LogP contribution >= 0.6 is 0 Å². The molecule has 5 heteroatoms. The van der Waals surface area contributed by atoms with Gasteiger partial charge >= 0.3 is 6.01 Å². The maximum absolute atomic E-state index is 12.7. The quantitative estimate of drug-likeness (QED) is 0.806. The molecule has 0 spiro atoms. The van der Waals surface area contributed by atoms with E-state index in [1.807, 2.05) is 24.8 Å². The minimum absolute atomic E-state index is 0.0489. The van der Waals surface area contributed by atoms with Crippen molar-refractivity contribution in [3.05, 3.63) is 52.8 Å². The highest BCUT2D eigenvalue weighted by molar-refractivity contribution is 5.79. The molecule has 3 rings (SSSR count). The number of hydrogen-bond acceptors (Lipinski definition) is 4. The molecule has 27 heavy (non-hydrogen) atoms. The predicted molar refractivity (Wildman–Crippen MR) is 106 cm³/mol. The smallest absolute Gasteiger partial charge is 0.317 e. The number of amides is 1. The average Bonchev–Trinajstić information content (AvgIpc) is 2.61. The maximum atomic E-state index is 12.7. The molecule has 0 radical (unpaired) electrons. The first kappa shape index (κ1) is 19.3. The summed E-state index contributed by atoms with van der Waals surface area (Å²) >= 11 is 0. The van der Waals surface area contributed by atoms with Gasteiger partial charge in [-0.15, -0.1) is 0 Å². The number of carbonyl (C=O) groups is 1. The molecule has 0 bridgehead atoms. The molecule has 1 aromatic carbocycles. The van der Waals surface area contributed by atoms with Crippen molar-refractivity contribution in [2.24, 2.45) is 0 Å². The lowest BCUT2D eigenvalue weighted by molar-refractivity contribution is -0.133. The molecule has 1 aromatic heterocycles. The molecule has 0 aliphatic carbocycles. The Morgan fingerprint density at radius 3 is 2.48 bits per heavy atom. The van der Waals surface area contributed by atoms with Crippen LogP contribution in [0.25, 0.3) is 0 Å². The highest BCUT2D eigenvalue weighted by Crippen LogP contribution is 2.19. The fraction of sp³-hybridized carbons (Fsp3) is 0.500. The van der Waals surface area contributed by atoms with Gasteiger partial charge in [-0.3, -0.25) is 4.79 Å². The molecular formula is C22H29N3O2. The summed E-state index contributed by atoms with van der Waals surface area (Å²) in [5.41, 5.74) is 4.15. The van der Waals surface area contributed by atoms with Gasteiger partial charge in [-0.25, -0.2) is 9.97 Å². The average molecular weight is 367 g/mol. The topological polar surface area (TPSA) is 55.3 Å². The molecule has 1 aliphatic heterocycles. The fourth-order valence-electron chi connectivity index (χ4n) is 3.46. The zero-order valence-corrected chi connectivity index (χ0v) is 16.7. The first-order chi connectivity index (χ1) is 12.9. The molecule has 144 valence electrons. The molecule has 1 aliphatic rings. The normalized spacial score (nSPS) is 17.2. The van der Waals surface area contributed by atoms with E-state index in [0.717, 1.165) is 36.3 Å². The minimum Gasteiger partial charge on any atom is -0.458 e. The van der Waals surface area contributed by atoms with Crippen LogP contribution in [0.1, 0.15) is 55.1 Å². The number of nitrogens with zero attached hydrogens (tertiary/aromatic N) is 3. The zero-order chi connectivity index (χ0) is 19.4. The molecule has 2 aromatic rings. The molecule has 2 heterocycles. The Kier molecular flexibility index (Phi) is 6.09. The summed E-state index contributed by atoms with van der Waals surface area (Å²) < 4.78 is 5.97. The number of benzene rings is 1. The van der Waals surface area contributed by atoms with Crippen LogP contribution in [0.3, 0.4) is 0 Å². The number of aryl methyl sites for hydroxylation is 2. The Labute approximate surface area is 161 Å². The van der Waals surface area contributed by atoms with E-state index in [2.05, 4.69) is 48.1 Å². The van der Waals surface area contributed by atoms with Crippen molar-refractivity contribution in [3.8, 4) is 6.01 Å². The van der Waals surface area contributed by atoms with Gasteiger partial charge < -0.3 is 9.64 Å². The lowest BCUT2D eigenvalue weighted by Gasteiger charge is -2.32. The zero-order valence-electron chi connectivity index (χ0n) is 16.7. The van der Waals surface area contributed by atoms with Crippen LogP contribution in [-0.4, -0.2) is 40.0 Å². The van der Waals surface area contributed by atoms with Crippen LogP contribution in [0.5, 0.6) is 6.01 Å². The first-order valence-corrected chi connectivity index (χ1v) is 9.76. The second kappa shape index (κ2) is 8.51. The van der Waals surface area contributed by atoms with E-state index in [1.165, 1.54) is 5.56 Å². The third kappa shape index (κ3) is 5.28. The van der Waals surface area contributed by atoms with Crippen molar-refractivity contribution in [1.29, 1.82) is 0 Å². The molecule has 0 N–H and O–H groups in total. The Hall–Kier alpha value is -2.43. The van der Waals surface area contributed by atoms with E-state index in [9.17, 15) is 4.79 Å². The van der Waals surface area contributed by atoms with Crippen molar-refractivity contribution in [3.63, 3.8) is 0 Å². The number of hydrogen-bond donors (Lipinski definition) is 0. The summed E-state index contributed by atoms with van der Waals surface area (Å²) in [6.45, 7) is 9.60. The molecule has 1 amide bonds. The Morgan fingerprint density at radius 2 is 1.85 bits per heavy atom. The molecule has 0 saturated carbocycles. The summed E-state index contributed by atoms with van der Waals surface area (Å²) in [6, 6.07) is 10.7. The minimum atomic E-state index is -0.0489. The SMILES string of the molecule is Cc1cc(C)nc(OC2CCCN(C(=O)Cc3ccc(C(C)C)cc3)C2)n1. The largest absolute Gasteiger partial charge is 0.458 e. The molecule has 1 atom stereocenters. The molecule has 1 saturated heterocycles. The number of aromatic nitrogens is 2. The van der Waals surface area contributed by atoms with Crippen molar-refractivity contribution < 1.29 is 9.53 Å². The van der Waals surface area contributed by atoms with Gasteiger partial charge in [0.1, 0.15) is 6.10 Å². The van der Waals surface area contributed by atoms with Crippen molar-refractivity contribution in [2.45, 2.75) is 59.0 Å². The maximum Gasteiger partial charge on any atom is 0.317 e. The Balaban J connectivity index is 1.59. The number of likely N-dealkylation sites (tertiary alicyclic amines) is 1. The molecule has 1 fully saturated rings. The van der Waals surface area contributed by atoms with Crippen LogP contribution < -0.4 is 4.74 Å². The summed E-state index contributed by atoms with van der Waals surface area (Å²) in [6.07, 6.45) is 2.24. The summed E-state index contributed by atoms with van der Waals surface area (Å²) in [4.78, 5) is 23.3. The van der Waals surface area contributed by atoms with Gasteiger partial charge in [-0.2, -0.15) is 0 Å². The Bertz CT molecular complexity index is 766. The van der Waals surface area contributed by atoms with Gasteiger partial charge in [0.2, 0.25) is 5.91 Å². The van der Waals surface area contributed by atoms with Crippen LogP contribution in [0, 0.1) is 13.8 Å². The third-order valence-corrected chi connectivity index (χ3v) is 4.97. The second-order valence-corrected chi connectivity index (χ2v) is 7.73. The summed E-state index contributed by atoms with van der Waals surface area (Å²) in [5, 5.41) is 0. The number of ether oxygens (including phenoxy) is 1. The highest BCUT2D eigenvalue weighted by Gasteiger charge is 2.25. The van der Waals surface area contributed by atoms with Gasteiger partial charge in [0.15, 0.2) is 0 Å². The van der Waals surface area contributed by atoms with E-state index in [0.29, 0.717) is 24.9 Å². The van der Waals surface area contributed by atoms with Crippen molar-refractivity contribution in [2.75, 3.05) is 13.1 Å². The fourth-order valence-corrected chi connectivity index (χ4v) is 3.46. The summed E-state index contributed by atoms with van der Waals surface area (Å²) in [5.74, 6) is 0.657. The van der Waals surface area contributed by atoms with E-state index >= 15 is 0 Å². The number of piperidine rings is 1. The monoisotopic (exact) mass is 367 g/mol. The van der Waals surface area contributed by atoms with Crippen LogP contribution in [-0.2, 0) is 11.2 Å².